The molecule has 0 aliphatic carbocycles. The maximum atomic E-state index is 9.00. The van der Waals surface area contributed by atoms with Crippen LogP contribution in [0.3, 0.4) is 0 Å². The summed E-state index contributed by atoms with van der Waals surface area (Å²) in [7, 11) is 0. The molecule has 0 fully saturated rings. The van der Waals surface area contributed by atoms with Crippen LogP contribution in [-0.2, 0) is 0 Å². The molecule has 0 N–H and O–H groups in total. The lowest BCUT2D eigenvalue weighted by molar-refractivity contribution is 1.46. The Kier molecular flexibility index (Phi) is 3.10. The maximum Gasteiger partial charge on any atom is 0.392 e. The van der Waals surface area contributed by atoms with Crippen LogP contribution in [-0.4, -0.2) is 0 Å². The summed E-state index contributed by atoms with van der Waals surface area (Å²) < 4.78 is 0. The van der Waals surface area contributed by atoms with E-state index in [0.717, 1.165) is 11.1 Å². The Labute approximate surface area is 94.5 Å². The summed E-state index contributed by atoms with van der Waals surface area (Å²) >= 11 is 0. The summed E-state index contributed by atoms with van der Waals surface area (Å²) in [6.45, 7) is 0. The van der Waals surface area contributed by atoms with Gasteiger partial charge in [0.2, 0.25) is 5.39 Å². The normalized spacial score (nSPS) is 10.8. The van der Waals surface area contributed by atoms with Gasteiger partial charge in [-0.3, -0.25) is 0 Å². The highest BCUT2D eigenvalue weighted by Gasteiger charge is 2.12. The van der Waals surface area contributed by atoms with Crippen LogP contribution in [0.2, 0.25) is 0 Å². The van der Waals surface area contributed by atoms with Crippen molar-refractivity contribution in [3.05, 3.63) is 76.8 Å². The van der Waals surface area contributed by atoms with E-state index in [-0.39, 0.29) is 0 Å². The molecule has 0 saturated carbocycles. The Morgan fingerprint density at radius 1 is 0.875 bits per heavy atom. The van der Waals surface area contributed by atoms with Crippen LogP contribution in [0.1, 0.15) is 11.1 Å². The lowest BCUT2D eigenvalue weighted by atomic mass is 10.1. The minimum Gasteiger partial charge on any atom is -0.0622 e. The maximum absolute atomic E-state index is 9.00. The van der Waals surface area contributed by atoms with Crippen molar-refractivity contribution in [3.8, 4) is 0 Å². The summed E-state index contributed by atoms with van der Waals surface area (Å²) in [4.78, 5) is 3.31. The molecule has 0 saturated heterocycles. The van der Waals surface area contributed by atoms with Crippen LogP contribution in [0.15, 0.2) is 60.7 Å². The predicted molar refractivity (Wildman–Crippen MR) is 65.8 cm³/mol. The molecule has 2 heteroatoms. The van der Waals surface area contributed by atoms with Gasteiger partial charge in [-0.25, -0.2) is 0 Å². The van der Waals surface area contributed by atoms with Gasteiger partial charge in [-0.1, -0.05) is 48.5 Å². The van der Waals surface area contributed by atoms with E-state index in [1.807, 2.05) is 66.7 Å². The highest BCUT2D eigenvalue weighted by molar-refractivity contribution is 5.84. The molecule has 0 heterocycles. The van der Waals surface area contributed by atoms with Crippen molar-refractivity contribution in [1.29, 1.82) is 5.39 Å². The van der Waals surface area contributed by atoms with Gasteiger partial charge in [0, 0.05) is 6.08 Å². The molecule has 0 unspecified atom stereocenters. The molecule has 2 aromatic rings. The SMILES string of the molecule is N#[N+]C(=Cc1ccccc1)c1ccccc1. The van der Waals surface area contributed by atoms with E-state index in [1.54, 1.807) is 0 Å². The van der Waals surface area contributed by atoms with Gasteiger partial charge in [-0.15, -0.1) is 0 Å². The molecule has 76 valence electrons. The van der Waals surface area contributed by atoms with Gasteiger partial charge in [-0.05, 0) is 17.7 Å². The lowest BCUT2D eigenvalue weighted by Gasteiger charge is -1.90. The molecule has 0 spiro atoms. The fraction of sp³-hybridized carbons (Fsp3) is 0. The summed E-state index contributed by atoms with van der Waals surface area (Å²) in [6.07, 6.45) is 1.84. The van der Waals surface area contributed by atoms with E-state index >= 15 is 0 Å². The standard InChI is InChI=1S/C14H11N2/c15-16-14(13-9-5-2-6-10-13)11-12-7-3-1-4-8-12/h1-11H/q+1. The second-order valence-electron chi connectivity index (χ2n) is 3.41. The van der Waals surface area contributed by atoms with Gasteiger partial charge in [0.25, 0.3) is 0 Å². The van der Waals surface area contributed by atoms with E-state index in [2.05, 4.69) is 4.98 Å². The van der Waals surface area contributed by atoms with E-state index in [0.29, 0.717) is 5.70 Å². The predicted octanol–water partition coefficient (Wildman–Crippen LogP) is 4.04. The van der Waals surface area contributed by atoms with Crippen LogP contribution in [0.4, 0.5) is 0 Å². The summed E-state index contributed by atoms with van der Waals surface area (Å²) in [5.41, 5.74) is 2.47. The van der Waals surface area contributed by atoms with Crippen molar-refractivity contribution in [2.45, 2.75) is 0 Å². The smallest absolute Gasteiger partial charge is 0.0622 e. The topological polar surface area (TPSA) is 28.1 Å². The minimum absolute atomic E-state index is 0.562. The van der Waals surface area contributed by atoms with Crippen molar-refractivity contribution in [2.75, 3.05) is 0 Å². The van der Waals surface area contributed by atoms with Crippen LogP contribution in [0.5, 0.6) is 0 Å². The van der Waals surface area contributed by atoms with Crippen LogP contribution in [0.25, 0.3) is 16.7 Å². The Morgan fingerprint density at radius 3 is 2.00 bits per heavy atom. The molecule has 0 aliphatic heterocycles. The molecule has 16 heavy (non-hydrogen) atoms. The summed E-state index contributed by atoms with van der Waals surface area (Å²) in [5.74, 6) is 0. The summed E-state index contributed by atoms with van der Waals surface area (Å²) in [6, 6.07) is 19.4. The fourth-order valence-electron chi connectivity index (χ4n) is 1.49. The number of diazo groups is 1. The zero-order chi connectivity index (χ0) is 11.2. The van der Waals surface area contributed by atoms with Crippen LogP contribution >= 0.6 is 0 Å². The van der Waals surface area contributed by atoms with E-state index in [4.69, 9.17) is 5.39 Å². The van der Waals surface area contributed by atoms with Gasteiger partial charge < -0.3 is 0 Å². The Bertz CT molecular complexity index is 522. The first-order valence-electron chi connectivity index (χ1n) is 5.07. The Morgan fingerprint density at radius 2 is 1.44 bits per heavy atom. The van der Waals surface area contributed by atoms with Crippen LogP contribution in [0, 0.1) is 5.39 Å². The van der Waals surface area contributed by atoms with Crippen molar-refractivity contribution >= 4 is 11.8 Å². The molecule has 0 bridgehead atoms. The number of benzene rings is 2. The third kappa shape index (κ3) is 2.34. The van der Waals surface area contributed by atoms with E-state index in [9.17, 15) is 0 Å². The average molecular weight is 207 g/mol. The average Bonchev–Trinajstić information content (AvgIpc) is 2.38. The molecule has 2 aromatic carbocycles. The lowest BCUT2D eigenvalue weighted by Crippen LogP contribution is -1.78. The van der Waals surface area contributed by atoms with Crippen molar-refractivity contribution in [3.63, 3.8) is 0 Å². The largest absolute Gasteiger partial charge is 0.392 e. The molecule has 0 radical (unpaired) electrons. The molecule has 0 amide bonds. The third-order valence-corrected chi connectivity index (χ3v) is 2.28. The van der Waals surface area contributed by atoms with Gasteiger partial charge >= 0.3 is 5.70 Å². The third-order valence-electron chi connectivity index (χ3n) is 2.28. The molecular formula is C14H11N2+. The zero-order valence-corrected chi connectivity index (χ0v) is 8.75. The van der Waals surface area contributed by atoms with Gasteiger partial charge in [0.05, 0.1) is 5.56 Å². The quantitative estimate of drug-likeness (QED) is 0.539. The molecule has 0 aliphatic rings. The first-order valence-corrected chi connectivity index (χ1v) is 5.07. The number of hydrogen-bond acceptors (Lipinski definition) is 1. The molecule has 2 nitrogen and oxygen atoms in total. The van der Waals surface area contributed by atoms with E-state index < -0.39 is 0 Å². The molecular weight excluding hydrogens is 196 g/mol. The molecule has 0 atom stereocenters. The number of rotatable bonds is 2. The van der Waals surface area contributed by atoms with Crippen LogP contribution < -0.4 is 0 Å². The highest BCUT2D eigenvalue weighted by atomic mass is 14.9. The number of nitrogens with zero attached hydrogens (tertiary/aromatic N) is 2. The van der Waals surface area contributed by atoms with Gasteiger partial charge in [0.15, 0.2) is 4.98 Å². The first-order chi connectivity index (χ1) is 7.90. The van der Waals surface area contributed by atoms with Gasteiger partial charge in [-0.2, -0.15) is 0 Å². The van der Waals surface area contributed by atoms with Crippen molar-refractivity contribution in [1.82, 2.24) is 0 Å². The summed E-state index contributed by atoms with van der Waals surface area (Å²) in [5, 5.41) is 9.00. The second-order valence-corrected chi connectivity index (χ2v) is 3.41. The Balaban J connectivity index is 2.39. The van der Waals surface area contributed by atoms with Crippen molar-refractivity contribution < 1.29 is 0 Å². The minimum atomic E-state index is 0.562. The van der Waals surface area contributed by atoms with E-state index in [1.165, 1.54) is 0 Å². The Hall–Kier alpha value is -2.40. The molecule has 2 rings (SSSR count). The monoisotopic (exact) mass is 207 g/mol. The van der Waals surface area contributed by atoms with Gasteiger partial charge in [0.1, 0.15) is 0 Å². The fourth-order valence-corrected chi connectivity index (χ4v) is 1.49. The number of hydrogen-bond donors (Lipinski definition) is 0. The zero-order valence-electron chi connectivity index (χ0n) is 8.75. The second kappa shape index (κ2) is 4.90. The first kappa shape index (κ1) is 10.1. The highest BCUT2D eigenvalue weighted by Crippen LogP contribution is 2.18. The molecule has 0 aromatic heterocycles. The van der Waals surface area contributed by atoms with Crippen molar-refractivity contribution in [2.24, 2.45) is 0 Å².